The molecule has 3 N–H and O–H groups in total. The third-order valence-corrected chi connectivity index (χ3v) is 4.54. The van der Waals surface area contributed by atoms with Crippen molar-refractivity contribution < 1.29 is 4.79 Å². The predicted octanol–water partition coefficient (Wildman–Crippen LogP) is 2.97. The van der Waals surface area contributed by atoms with E-state index in [-0.39, 0.29) is 29.9 Å². The summed E-state index contributed by atoms with van der Waals surface area (Å²) >= 11 is 0. The first kappa shape index (κ1) is 21.7. The molecule has 1 aromatic carbocycles. The van der Waals surface area contributed by atoms with Crippen LogP contribution in [-0.2, 0) is 11.3 Å². The van der Waals surface area contributed by atoms with E-state index in [9.17, 15) is 4.79 Å². The van der Waals surface area contributed by atoms with Crippen molar-refractivity contribution in [3.63, 3.8) is 0 Å². The van der Waals surface area contributed by atoms with Crippen LogP contribution in [0.1, 0.15) is 42.9 Å². The molecule has 0 spiro atoms. The average Bonchev–Trinajstić information content (AvgIpc) is 2.52. The number of aliphatic imine (C=N–C) groups is 1. The van der Waals surface area contributed by atoms with Crippen LogP contribution in [0.3, 0.4) is 0 Å². The Morgan fingerprint density at radius 3 is 2.80 bits per heavy atom. The molecule has 0 aliphatic carbocycles. The van der Waals surface area contributed by atoms with Gasteiger partial charge in [-0.1, -0.05) is 23.8 Å². The Morgan fingerprint density at radius 1 is 1.40 bits per heavy atom. The van der Waals surface area contributed by atoms with Gasteiger partial charge in [0.05, 0.1) is 6.54 Å². The van der Waals surface area contributed by atoms with Crippen molar-refractivity contribution in [2.24, 2.45) is 16.6 Å². The number of benzene rings is 1. The maximum Gasteiger partial charge on any atom is 0.217 e. The van der Waals surface area contributed by atoms with Gasteiger partial charge in [-0.25, -0.2) is 4.99 Å². The van der Waals surface area contributed by atoms with E-state index in [2.05, 4.69) is 49.2 Å². The molecule has 2 rings (SSSR count). The van der Waals surface area contributed by atoms with Gasteiger partial charge in [0.1, 0.15) is 0 Å². The van der Waals surface area contributed by atoms with Crippen LogP contribution >= 0.6 is 24.0 Å². The predicted molar refractivity (Wildman–Crippen MR) is 114 cm³/mol. The summed E-state index contributed by atoms with van der Waals surface area (Å²) in [6.07, 6.45) is 2.61. The van der Waals surface area contributed by atoms with Crippen LogP contribution < -0.4 is 11.1 Å². The van der Waals surface area contributed by atoms with Crippen molar-refractivity contribution in [1.29, 1.82) is 0 Å². The van der Waals surface area contributed by atoms with Crippen molar-refractivity contribution in [2.45, 2.75) is 46.6 Å². The highest BCUT2D eigenvalue weighted by molar-refractivity contribution is 14.0. The number of hydrogen-bond acceptors (Lipinski definition) is 2. The lowest BCUT2D eigenvalue weighted by Gasteiger charge is -2.34. The number of nitrogens with zero attached hydrogens (tertiary/aromatic N) is 2. The maximum atomic E-state index is 11.2. The summed E-state index contributed by atoms with van der Waals surface area (Å²) in [5, 5.41) is 3.39. The van der Waals surface area contributed by atoms with Crippen molar-refractivity contribution in [1.82, 2.24) is 10.2 Å². The zero-order valence-corrected chi connectivity index (χ0v) is 17.9. The Bertz CT molecular complexity index is 603. The van der Waals surface area contributed by atoms with Crippen molar-refractivity contribution >= 4 is 35.8 Å². The number of carbonyl (C=O) groups is 1. The normalized spacial score (nSPS) is 17.8. The summed E-state index contributed by atoms with van der Waals surface area (Å²) in [6.45, 7) is 9.66. The topological polar surface area (TPSA) is 70.7 Å². The molecule has 25 heavy (non-hydrogen) atoms. The second kappa shape index (κ2) is 10.6. The standard InChI is InChI=1S/C19H30N4O.HI/c1-4-21-19(22-12-17-8-7-14(2)10-15(17)3)23-9-5-6-16(13-23)11-18(20)24;/h7-8,10,16H,4-6,9,11-13H2,1-3H3,(H2,20,24)(H,21,22);1H. The van der Waals surface area contributed by atoms with Crippen LogP contribution in [0.5, 0.6) is 0 Å². The fourth-order valence-electron chi connectivity index (χ4n) is 3.32. The third-order valence-electron chi connectivity index (χ3n) is 4.54. The minimum atomic E-state index is -0.209. The summed E-state index contributed by atoms with van der Waals surface area (Å²) < 4.78 is 0. The number of piperidine rings is 1. The Morgan fingerprint density at radius 2 is 2.16 bits per heavy atom. The molecule has 1 aliphatic heterocycles. The number of halogens is 1. The molecule has 0 saturated carbocycles. The SMILES string of the molecule is CCNC(=NCc1ccc(C)cc1C)N1CCCC(CC(N)=O)C1.I. The monoisotopic (exact) mass is 458 g/mol. The number of guanidine groups is 1. The maximum absolute atomic E-state index is 11.2. The summed E-state index contributed by atoms with van der Waals surface area (Å²) in [4.78, 5) is 18.3. The summed E-state index contributed by atoms with van der Waals surface area (Å²) in [6, 6.07) is 6.49. The van der Waals surface area contributed by atoms with Crippen LogP contribution in [0.2, 0.25) is 0 Å². The van der Waals surface area contributed by atoms with Gasteiger partial charge in [-0.3, -0.25) is 4.79 Å². The molecule has 1 aliphatic rings. The molecule has 1 heterocycles. The lowest BCUT2D eigenvalue weighted by molar-refractivity contribution is -0.119. The van der Waals surface area contributed by atoms with Gasteiger partial charge in [-0.15, -0.1) is 24.0 Å². The second-order valence-electron chi connectivity index (χ2n) is 6.72. The number of carbonyl (C=O) groups excluding carboxylic acids is 1. The van der Waals surface area contributed by atoms with Crippen LogP contribution in [0.4, 0.5) is 0 Å². The summed E-state index contributed by atoms with van der Waals surface area (Å²) in [5.74, 6) is 1.06. The van der Waals surface area contributed by atoms with Crippen molar-refractivity contribution in [3.8, 4) is 0 Å². The van der Waals surface area contributed by atoms with Gasteiger partial charge >= 0.3 is 0 Å². The molecule has 0 aromatic heterocycles. The summed E-state index contributed by atoms with van der Waals surface area (Å²) in [7, 11) is 0. The van der Waals surface area contributed by atoms with Crippen LogP contribution in [0, 0.1) is 19.8 Å². The van der Waals surface area contributed by atoms with E-state index in [1.165, 1.54) is 16.7 Å². The van der Waals surface area contributed by atoms with Crippen molar-refractivity contribution in [3.05, 3.63) is 34.9 Å². The van der Waals surface area contributed by atoms with Gasteiger partial charge in [0.25, 0.3) is 0 Å². The first-order chi connectivity index (χ1) is 11.5. The lowest BCUT2D eigenvalue weighted by Crippen LogP contribution is -2.47. The second-order valence-corrected chi connectivity index (χ2v) is 6.72. The molecule has 1 amide bonds. The number of likely N-dealkylation sites (tertiary alicyclic amines) is 1. The Balaban J connectivity index is 0.00000312. The zero-order chi connectivity index (χ0) is 17.5. The largest absolute Gasteiger partial charge is 0.370 e. The van der Waals surface area contributed by atoms with Gasteiger partial charge < -0.3 is 16.0 Å². The Kier molecular flexibility index (Phi) is 9.24. The number of primary amides is 1. The molecule has 0 radical (unpaired) electrons. The lowest BCUT2D eigenvalue weighted by atomic mass is 9.95. The minimum Gasteiger partial charge on any atom is -0.370 e. The number of nitrogens with two attached hydrogens (primary N) is 1. The Hall–Kier alpha value is -1.31. The fourth-order valence-corrected chi connectivity index (χ4v) is 3.32. The Labute approximate surface area is 168 Å². The van der Waals surface area contributed by atoms with Crippen molar-refractivity contribution in [2.75, 3.05) is 19.6 Å². The number of aryl methyl sites for hydroxylation is 2. The quantitative estimate of drug-likeness (QED) is 0.405. The van der Waals surface area contributed by atoms with E-state index >= 15 is 0 Å². The molecule has 1 unspecified atom stereocenters. The van der Waals surface area contributed by atoms with E-state index in [1.807, 2.05) is 0 Å². The highest BCUT2D eigenvalue weighted by Crippen LogP contribution is 2.20. The van der Waals surface area contributed by atoms with Gasteiger partial charge in [0.15, 0.2) is 5.96 Å². The van der Waals surface area contributed by atoms with Crippen LogP contribution in [0.15, 0.2) is 23.2 Å². The molecule has 6 heteroatoms. The minimum absolute atomic E-state index is 0. The first-order valence-electron chi connectivity index (χ1n) is 8.87. The van der Waals surface area contributed by atoms with Crippen LogP contribution in [0.25, 0.3) is 0 Å². The van der Waals surface area contributed by atoms with Gasteiger partial charge in [0.2, 0.25) is 5.91 Å². The zero-order valence-electron chi connectivity index (χ0n) is 15.5. The number of hydrogen-bond donors (Lipinski definition) is 2. The summed E-state index contributed by atoms with van der Waals surface area (Å²) in [5.41, 5.74) is 9.17. The molecular formula is C19H31IN4O. The van der Waals surface area contributed by atoms with Crippen LogP contribution in [-0.4, -0.2) is 36.4 Å². The number of amides is 1. The first-order valence-corrected chi connectivity index (χ1v) is 8.87. The molecule has 1 fully saturated rings. The number of nitrogens with one attached hydrogen (secondary N) is 1. The molecule has 5 nitrogen and oxygen atoms in total. The molecule has 1 atom stereocenters. The molecule has 1 aromatic rings. The molecule has 140 valence electrons. The smallest absolute Gasteiger partial charge is 0.217 e. The van der Waals surface area contributed by atoms with E-state index in [0.717, 1.165) is 38.4 Å². The highest BCUT2D eigenvalue weighted by Gasteiger charge is 2.23. The van der Waals surface area contributed by atoms with E-state index < -0.39 is 0 Å². The molecular weight excluding hydrogens is 427 g/mol. The average molecular weight is 458 g/mol. The van der Waals surface area contributed by atoms with Gasteiger partial charge in [-0.05, 0) is 50.7 Å². The fraction of sp³-hybridized carbons (Fsp3) is 0.579. The van der Waals surface area contributed by atoms with Gasteiger partial charge in [0, 0.05) is 26.1 Å². The van der Waals surface area contributed by atoms with E-state index in [1.54, 1.807) is 0 Å². The highest BCUT2D eigenvalue weighted by atomic mass is 127. The third kappa shape index (κ3) is 6.84. The molecule has 1 saturated heterocycles. The molecule has 0 bridgehead atoms. The number of rotatable bonds is 5. The van der Waals surface area contributed by atoms with Gasteiger partial charge in [-0.2, -0.15) is 0 Å². The van der Waals surface area contributed by atoms with E-state index in [0.29, 0.717) is 18.9 Å². The van der Waals surface area contributed by atoms with E-state index in [4.69, 9.17) is 10.7 Å².